The van der Waals surface area contributed by atoms with Gasteiger partial charge in [0.05, 0.1) is 0 Å². The highest BCUT2D eigenvalue weighted by Crippen LogP contribution is 2.22. The maximum absolute atomic E-state index is 11.0. The molecule has 0 fully saturated rings. The molecule has 0 radical (unpaired) electrons. The SMILES string of the molecule is CC(=O)C(C)CSc1ccc(Cl)cc1. The van der Waals surface area contributed by atoms with Crippen molar-refractivity contribution in [3.63, 3.8) is 0 Å². The van der Waals surface area contributed by atoms with Crippen molar-refractivity contribution in [2.24, 2.45) is 5.92 Å². The van der Waals surface area contributed by atoms with Gasteiger partial charge in [-0.3, -0.25) is 4.79 Å². The number of ketones is 1. The fourth-order valence-corrected chi connectivity index (χ4v) is 2.00. The van der Waals surface area contributed by atoms with Gasteiger partial charge in [0.2, 0.25) is 0 Å². The third kappa shape index (κ3) is 3.72. The fourth-order valence-electron chi connectivity index (χ4n) is 0.869. The summed E-state index contributed by atoms with van der Waals surface area (Å²) in [7, 11) is 0. The van der Waals surface area contributed by atoms with Gasteiger partial charge < -0.3 is 0 Å². The quantitative estimate of drug-likeness (QED) is 0.732. The maximum Gasteiger partial charge on any atom is 0.133 e. The van der Waals surface area contributed by atoms with E-state index in [1.165, 1.54) is 0 Å². The maximum atomic E-state index is 11.0. The molecule has 0 aromatic heterocycles. The highest BCUT2D eigenvalue weighted by atomic mass is 35.5. The van der Waals surface area contributed by atoms with Crippen molar-refractivity contribution < 1.29 is 4.79 Å². The summed E-state index contributed by atoms with van der Waals surface area (Å²) in [4.78, 5) is 12.1. The van der Waals surface area contributed by atoms with Crippen molar-refractivity contribution >= 4 is 29.1 Å². The van der Waals surface area contributed by atoms with E-state index in [1.807, 2.05) is 31.2 Å². The summed E-state index contributed by atoms with van der Waals surface area (Å²) in [5, 5.41) is 0.744. The van der Waals surface area contributed by atoms with E-state index < -0.39 is 0 Å². The van der Waals surface area contributed by atoms with Crippen LogP contribution < -0.4 is 0 Å². The minimum atomic E-state index is 0.121. The predicted octanol–water partition coefficient (Wildman–Crippen LogP) is 3.66. The molecular formula is C11H13ClOS. The van der Waals surface area contributed by atoms with E-state index in [2.05, 4.69) is 0 Å². The summed E-state index contributed by atoms with van der Waals surface area (Å²) in [5.74, 6) is 1.19. The zero-order valence-electron chi connectivity index (χ0n) is 8.29. The topological polar surface area (TPSA) is 17.1 Å². The zero-order chi connectivity index (χ0) is 10.6. The molecule has 0 heterocycles. The lowest BCUT2D eigenvalue weighted by Crippen LogP contribution is -2.08. The average Bonchev–Trinajstić information content (AvgIpc) is 2.16. The Labute approximate surface area is 93.8 Å². The Morgan fingerprint density at radius 3 is 2.50 bits per heavy atom. The second kappa shape index (κ2) is 5.42. The van der Waals surface area contributed by atoms with E-state index in [-0.39, 0.29) is 11.7 Å². The number of Topliss-reactive ketones (excluding diaryl/α,β-unsaturated/α-hetero) is 1. The molecule has 1 aromatic rings. The Balaban J connectivity index is 2.46. The Morgan fingerprint density at radius 2 is 2.00 bits per heavy atom. The molecule has 0 aliphatic heterocycles. The molecule has 3 heteroatoms. The molecular weight excluding hydrogens is 216 g/mol. The minimum Gasteiger partial charge on any atom is -0.300 e. The van der Waals surface area contributed by atoms with Gasteiger partial charge in [-0.15, -0.1) is 11.8 Å². The third-order valence-corrected chi connectivity index (χ3v) is 3.53. The van der Waals surface area contributed by atoms with E-state index in [1.54, 1.807) is 18.7 Å². The molecule has 0 N–H and O–H groups in total. The normalized spacial score (nSPS) is 12.5. The summed E-state index contributed by atoms with van der Waals surface area (Å²) < 4.78 is 0. The summed E-state index contributed by atoms with van der Waals surface area (Å²) in [5.41, 5.74) is 0. The van der Waals surface area contributed by atoms with E-state index >= 15 is 0 Å². The summed E-state index contributed by atoms with van der Waals surface area (Å²) in [6.07, 6.45) is 0. The first kappa shape index (κ1) is 11.6. The molecule has 1 aromatic carbocycles. The lowest BCUT2D eigenvalue weighted by Gasteiger charge is -2.06. The first-order valence-electron chi connectivity index (χ1n) is 4.48. The molecule has 76 valence electrons. The van der Waals surface area contributed by atoms with Gasteiger partial charge in [0, 0.05) is 21.6 Å². The molecule has 0 spiro atoms. The van der Waals surface area contributed by atoms with Crippen LogP contribution in [0.1, 0.15) is 13.8 Å². The van der Waals surface area contributed by atoms with Gasteiger partial charge in [0.25, 0.3) is 0 Å². The van der Waals surface area contributed by atoms with Crippen molar-refractivity contribution in [2.75, 3.05) is 5.75 Å². The molecule has 0 amide bonds. The van der Waals surface area contributed by atoms with Crippen LogP contribution in [0.3, 0.4) is 0 Å². The highest BCUT2D eigenvalue weighted by molar-refractivity contribution is 7.99. The van der Waals surface area contributed by atoms with Gasteiger partial charge >= 0.3 is 0 Å². The molecule has 1 rings (SSSR count). The molecule has 1 unspecified atom stereocenters. The molecule has 0 bridgehead atoms. The molecule has 0 aliphatic rings. The Morgan fingerprint density at radius 1 is 1.43 bits per heavy atom. The molecule has 1 atom stereocenters. The first-order chi connectivity index (χ1) is 6.59. The number of hydrogen-bond acceptors (Lipinski definition) is 2. The number of thioether (sulfide) groups is 1. The van der Waals surface area contributed by atoms with Gasteiger partial charge in [0.1, 0.15) is 5.78 Å². The van der Waals surface area contributed by atoms with Crippen LogP contribution in [0.15, 0.2) is 29.2 Å². The van der Waals surface area contributed by atoms with Gasteiger partial charge in [-0.05, 0) is 31.2 Å². The third-order valence-electron chi connectivity index (χ3n) is 2.01. The minimum absolute atomic E-state index is 0.121. The lowest BCUT2D eigenvalue weighted by atomic mass is 10.1. The van der Waals surface area contributed by atoms with E-state index in [0.29, 0.717) is 0 Å². The smallest absolute Gasteiger partial charge is 0.133 e. The average molecular weight is 229 g/mol. The van der Waals surface area contributed by atoms with Crippen LogP contribution >= 0.6 is 23.4 Å². The van der Waals surface area contributed by atoms with E-state index in [0.717, 1.165) is 15.7 Å². The first-order valence-corrected chi connectivity index (χ1v) is 5.85. The number of carbonyl (C=O) groups excluding carboxylic acids is 1. The van der Waals surface area contributed by atoms with Crippen molar-refractivity contribution in [2.45, 2.75) is 18.7 Å². The van der Waals surface area contributed by atoms with Crippen LogP contribution in [-0.2, 0) is 4.79 Å². The number of carbonyl (C=O) groups is 1. The van der Waals surface area contributed by atoms with Crippen LogP contribution in [0.4, 0.5) is 0 Å². The zero-order valence-corrected chi connectivity index (χ0v) is 9.86. The van der Waals surface area contributed by atoms with Gasteiger partial charge in [-0.25, -0.2) is 0 Å². The molecule has 0 saturated carbocycles. The second-order valence-electron chi connectivity index (χ2n) is 3.28. The summed E-state index contributed by atoms with van der Waals surface area (Å²) in [6.45, 7) is 3.58. The van der Waals surface area contributed by atoms with E-state index in [4.69, 9.17) is 11.6 Å². The standard InChI is InChI=1S/C11H13ClOS/c1-8(9(2)13)7-14-11-5-3-10(12)4-6-11/h3-6,8H,7H2,1-2H3. The Hall–Kier alpha value is -0.470. The fraction of sp³-hybridized carbons (Fsp3) is 0.364. The van der Waals surface area contributed by atoms with Gasteiger partial charge in [-0.2, -0.15) is 0 Å². The van der Waals surface area contributed by atoms with Crippen LogP contribution in [0, 0.1) is 5.92 Å². The monoisotopic (exact) mass is 228 g/mol. The summed E-state index contributed by atoms with van der Waals surface area (Å²) >= 11 is 7.45. The van der Waals surface area contributed by atoms with Gasteiger partial charge in [-0.1, -0.05) is 18.5 Å². The largest absolute Gasteiger partial charge is 0.300 e. The predicted molar refractivity (Wildman–Crippen MR) is 62.0 cm³/mol. The van der Waals surface area contributed by atoms with Crippen molar-refractivity contribution in [1.82, 2.24) is 0 Å². The number of hydrogen-bond donors (Lipinski definition) is 0. The Bertz CT molecular complexity index is 308. The van der Waals surface area contributed by atoms with Crippen LogP contribution in [-0.4, -0.2) is 11.5 Å². The number of benzene rings is 1. The Kier molecular flexibility index (Phi) is 4.49. The summed E-state index contributed by atoms with van der Waals surface area (Å²) in [6, 6.07) is 7.67. The second-order valence-corrected chi connectivity index (χ2v) is 4.81. The van der Waals surface area contributed by atoms with E-state index in [9.17, 15) is 4.79 Å². The molecule has 1 nitrogen and oxygen atoms in total. The van der Waals surface area contributed by atoms with Crippen molar-refractivity contribution in [3.8, 4) is 0 Å². The molecule has 0 saturated heterocycles. The number of rotatable bonds is 4. The molecule has 14 heavy (non-hydrogen) atoms. The van der Waals surface area contributed by atoms with Crippen molar-refractivity contribution in [3.05, 3.63) is 29.3 Å². The van der Waals surface area contributed by atoms with Crippen molar-refractivity contribution in [1.29, 1.82) is 0 Å². The van der Waals surface area contributed by atoms with Crippen LogP contribution in [0.5, 0.6) is 0 Å². The lowest BCUT2D eigenvalue weighted by molar-refractivity contribution is -0.119. The molecule has 0 aliphatic carbocycles. The highest BCUT2D eigenvalue weighted by Gasteiger charge is 2.07. The van der Waals surface area contributed by atoms with Crippen LogP contribution in [0.2, 0.25) is 5.02 Å². The van der Waals surface area contributed by atoms with Crippen LogP contribution in [0.25, 0.3) is 0 Å². The number of halogens is 1. The van der Waals surface area contributed by atoms with Gasteiger partial charge in [0.15, 0.2) is 0 Å².